The molecule has 0 aliphatic heterocycles. The number of halogens is 3. The van der Waals surface area contributed by atoms with E-state index in [-0.39, 0.29) is 16.7 Å². The lowest BCUT2D eigenvalue weighted by Gasteiger charge is -2.34. The van der Waals surface area contributed by atoms with Crippen LogP contribution >= 0.6 is 0 Å². The summed E-state index contributed by atoms with van der Waals surface area (Å²) in [7, 11) is 0. The predicted octanol–water partition coefficient (Wildman–Crippen LogP) is 6.57. The molecule has 0 saturated carbocycles. The Morgan fingerprint density at radius 2 is 0.955 bits per heavy atom. The molecule has 0 bridgehead atoms. The van der Waals surface area contributed by atoms with Gasteiger partial charge in [0.2, 0.25) is 0 Å². The second-order valence-corrected chi connectivity index (χ2v) is 6.85. The van der Waals surface area contributed by atoms with Crippen LogP contribution in [0.25, 0.3) is 0 Å². The first-order chi connectivity index (χ1) is 10.1. The van der Waals surface area contributed by atoms with Crippen molar-refractivity contribution in [3.8, 4) is 0 Å². The maximum Gasteiger partial charge on any atom is 0.165 e. The van der Waals surface area contributed by atoms with Crippen molar-refractivity contribution in [3.05, 3.63) is 34.1 Å². The maximum atomic E-state index is 15.0. The highest BCUT2D eigenvalue weighted by molar-refractivity contribution is 5.43. The number of hydrogen-bond donors (Lipinski definition) is 0. The van der Waals surface area contributed by atoms with Crippen LogP contribution in [0.3, 0.4) is 0 Å². The van der Waals surface area contributed by atoms with E-state index >= 15 is 0 Å². The van der Waals surface area contributed by atoms with Crippen molar-refractivity contribution in [3.63, 3.8) is 0 Å². The summed E-state index contributed by atoms with van der Waals surface area (Å²) in [6.07, 6.45) is 2.40. The van der Waals surface area contributed by atoms with Gasteiger partial charge in [-0.05, 0) is 49.0 Å². The van der Waals surface area contributed by atoms with E-state index in [9.17, 15) is 13.2 Å². The third kappa shape index (κ3) is 2.79. The summed E-state index contributed by atoms with van der Waals surface area (Å²) in [5.74, 6) is -2.45. The average molecular weight is 314 g/mol. The molecule has 0 fully saturated rings. The van der Waals surface area contributed by atoms with Gasteiger partial charge in [0.1, 0.15) is 5.82 Å². The SMILES string of the molecule is CCC(C)(CC)c1c(C)c(F)c(C(C)(CC)CC)c(F)c1F. The molecule has 0 aliphatic rings. The molecule has 1 aromatic rings. The van der Waals surface area contributed by atoms with E-state index in [1.165, 1.54) is 0 Å². The Labute approximate surface area is 133 Å². The molecule has 22 heavy (non-hydrogen) atoms. The summed E-state index contributed by atoms with van der Waals surface area (Å²) in [4.78, 5) is 0. The second kappa shape index (κ2) is 6.64. The van der Waals surface area contributed by atoms with E-state index in [0.717, 1.165) is 0 Å². The van der Waals surface area contributed by atoms with Crippen LogP contribution in [-0.4, -0.2) is 0 Å². The van der Waals surface area contributed by atoms with Crippen LogP contribution in [0.5, 0.6) is 0 Å². The molecule has 0 aliphatic carbocycles. The number of rotatable bonds is 6. The van der Waals surface area contributed by atoms with Crippen molar-refractivity contribution in [2.24, 2.45) is 0 Å². The fourth-order valence-electron chi connectivity index (χ4n) is 3.23. The van der Waals surface area contributed by atoms with Crippen molar-refractivity contribution in [2.75, 3.05) is 0 Å². The molecule has 0 N–H and O–H groups in total. The molecule has 0 amide bonds. The van der Waals surface area contributed by atoms with Gasteiger partial charge in [-0.3, -0.25) is 0 Å². The minimum atomic E-state index is -1.00. The lowest BCUT2D eigenvalue weighted by atomic mass is 9.71. The fourth-order valence-corrected chi connectivity index (χ4v) is 3.23. The van der Waals surface area contributed by atoms with Crippen molar-refractivity contribution in [1.82, 2.24) is 0 Å². The van der Waals surface area contributed by atoms with Crippen molar-refractivity contribution in [2.45, 2.75) is 85.0 Å². The molecule has 0 aromatic heterocycles. The lowest BCUT2D eigenvalue weighted by molar-refractivity contribution is 0.351. The molecule has 0 spiro atoms. The number of hydrogen-bond acceptors (Lipinski definition) is 0. The first kappa shape index (κ1) is 19.1. The Hall–Kier alpha value is -0.990. The fraction of sp³-hybridized carbons (Fsp3) is 0.684. The number of benzene rings is 1. The molecule has 0 unspecified atom stereocenters. The van der Waals surface area contributed by atoms with Gasteiger partial charge in [0.15, 0.2) is 11.6 Å². The van der Waals surface area contributed by atoms with Crippen LogP contribution < -0.4 is 0 Å². The van der Waals surface area contributed by atoms with Gasteiger partial charge in [-0.1, -0.05) is 41.5 Å². The summed E-state index contributed by atoms with van der Waals surface area (Å²) in [6.45, 7) is 12.9. The summed E-state index contributed by atoms with van der Waals surface area (Å²) < 4.78 is 44.6. The normalized spacial score (nSPS) is 12.8. The zero-order valence-electron chi connectivity index (χ0n) is 15.0. The van der Waals surface area contributed by atoms with Crippen molar-refractivity contribution < 1.29 is 13.2 Å². The first-order valence-electron chi connectivity index (χ1n) is 8.31. The molecule has 1 rings (SSSR count). The molecular formula is C19H29F3. The zero-order valence-corrected chi connectivity index (χ0v) is 15.0. The van der Waals surface area contributed by atoms with Gasteiger partial charge in [-0.2, -0.15) is 0 Å². The highest BCUT2D eigenvalue weighted by Gasteiger charge is 2.38. The van der Waals surface area contributed by atoms with Crippen LogP contribution in [0, 0.1) is 24.4 Å². The Morgan fingerprint density at radius 3 is 1.32 bits per heavy atom. The molecule has 126 valence electrons. The maximum absolute atomic E-state index is 15.0. The Kier molecular flexibility index (Phi) is 5.75. The van der Waals surface area contributed by atoms with Crippen LogP contribution in [-0.2, 0) is 10.8 Å². The average Bonchev–Trinajstić information content (AvgIpc) is 2.52. The topological polar surface area (TPSA) is 0 Å². The van der Waals surface area contributed by atoms with Crippen molar-refractivity contribution >= 4 is 0 Å². The molecule has 3 heteroatoms. The van der Waals surface area contributed by atoms with Gasteiger partial charge in [0, 0.05) is 11.1 Å². The van der Waals surface area contributed by atoms with Crippen LogP contribution in [0.2, 0.25) is 0 Å². The molecule has 0 nitrogen and oxygen atoms in total. The van der Waals surface area contributed by atoms with Crippen LogP contribution in [0.1, 0.15) is 83.9 Å². The van der Waals surface area contributed by atoms with E-state index in [1.807, 2.05) is 34.6 Å². The monoisotopic (exact) mass is 314 g/mol. The first-order valence-corrected chi connectivity index (χ1v) is 8.31. The van der Waals surface area contributed by atoms with Gasteiger partial charge < -0.3 is 0 Å². The molecule has 0 radical (unpaired) electrons. The van der Waals surface area contributed by atoms with E-state index in [4.69, 9.17) is 0 Å². The summed E-state index contributed by atoms with van der Waals surface area (Å²) in [5.41, 5.74) is -0.874. The van der Waals surface area contributed by atoms with Gasteiger partial charge in [0.05, 0.1) is 0 Å². The second-order valence-electron chi connectivity index (χ2n) is 6.85. The summed E-state index contributed by atoms with van der Waals surface area (Å²) in [5, 5.41) is 0. The Bertz CT molecular complexity index is 460. The quantitative estimate of drug-likeness (QED) is 0.521. The van der Waals surface area contributed by atoms with Crippen molar-refractivity contribution in [1.29, 1.82) is 0 Å². The minimum Gasteiger partial charge on any atom is -0.206 e. The molecule has 0 saturated heterocycles. The van der Waals surface area contributed by atoms with Gasteiger partial charge >= 0.3 is 0 Å². The van der Waals surface area contributed by atoms with E-state index in [1.54, 1.807) is 13.8 Å². The lowest BCUT2D eigenvalue weighted by Crippen LogP contribution is -2.29. The molecule has 1 aromatic carbocycles. The highest BCUT2D eigenvalue weighted by atomic mass is 19.2. The van der Waals surface area contributed by atoms with E-state index in [0.29, 0.717) is 25.7 Å². The van der Waals surface area contributed by atoms with Gasteiger partial charge in [0.25, 0.3) is 0 Å². The third-order valence-electron chi connectivity index (χ3n) is 5.88. The smallest absolute Gasteiger partial charge is 0.165 e. The molecule has 0 heterocycles. The minimum absolute atomic E-state index is 0.0918. The highest BCUT2D eigenvalue weighted by Crippen LogP contribution is 2.42. The predicted molar refractivity (Wildman–Crippen MR) is 86.9 cm³/mol. The van der Waals surface area contributed by atoms with Gasteiger partial charge in [-0.25, -0.2) is 13.2 Å². The third-order valence-corrected chi connectivity index (χ3v) is 5.88. The van der Waals surface area contributed by atoms with Crippen LogP contribution in [0.15, 0.2) is 0 Å². The van der Waals surface area contributed by atoms with Gasteiger partial charge in [-0.15, -0.1) is 0 Å². The molecule has 0 atom stereocenters. The van der Waals surface area contributed by atoms with E-state index < -0.39 is 28.3 Å². The summed E-state index contributed by atoms with van der Waals surface area (Å²) in [6, 6.07) is 0. The standard InChI is InChI=1S/C19H29F3/c1-8-18(6,9-2)13-12(5)15(20)14(17(22)16(13)21)19(7,10-3)11-4/h8-11H2,1-7H3. The Balaban J connectivity index is 3.80. The molecular weight excluding hydrogens is 285 g/mol. The zero-order chi connectivity index (χ0) is 17.3. The largest absolute Gasteiger partial charge is 0.206 e. The summed E-state index contributed by atoms with van der Waals surface area (Å²) >= 11 is 0. The Morgan fingerprint density at radius 1 is 0.636 bits per heavy atom. The van der Waals surface area contributed by atoms with Crippen LogP contribution in [0.4, 0.5) is 13.2 Å². The van der Waals surface area contributed by atoms with E-state index in [2.05, 4.69) is 0 Å².